The number of benzene rings is 1. The van der Waals surface area contributed by atoms with Gasteiger partial charge in [-0.1, -0.05) is 29.8 Å². The molecule has 2 amide bonds. The highest BCUT2D eigenvalue weighted by Gasteiger charge is 2.28. The fourth-order valence-corrected chi connectivity index (χ4v) is 3.95. The lowest BCUT2D eigenvalue weighted by Crippen LogP contribution is -2.44. The molecule has 2 aromatic heterocycles. The maximum Gasteiger partial charge on any atom is 0.253 e. The van der Waals surface area contributed by atoms with Crippen molar-refractivity contribution in [3.63, 3.8) is 0 Å². The molecule has 0 bridgehead atoms. The summed E-state index contributed by atoms with van der Waals surface area (Å²) in [6, 6.07) is 8.90. The Balaban J connectivity index is 1.33. The molecule has 0 radical (unpaired) electrons. The van der Waals surface area contributed by atoms with E-state index >= 15 is 0 Å². The lowest BCUT2D eigenvalue weighted by Gasteiger charge is -2.31. The first-order chi connectivity index (χ1) is 15.5. The zero-order chi connectivity index (χ0) is 22.5. The number of halogens is 1. The van der Waals surface area contributed by atoms with Gasteiger partial charge in [0.15, 0.2) is 5.89 Å². The number of carbonyl (C=O) groups excluding carboxylic acids is 2. The second-order valence-electron chi connectivity index (χ2n) is 7.73. The van der Waals surface area contributed by atoms with Gasteiger partial charge in [-0.3, -0.25) is 14.6 Å². The highest BCUT2D eigenvalue weighted by atomic mass is 35.5. The van der Waals surface area contributed by atoms with E-state index in [1.807, 2.05) is 24.3 Å². The van der Waals surface area contributed by atoms with Gasteiger partial charge in [0.05, 0.1) is 30.4 Å². The Morgan fingerprint density at radius 1 is 1.25 bits per heavy atom. The first-order valence-corrected chi connectivity index (χ1v) is 10.8. The van der Waals surface area contributed by atoms with E-state index in [9.17, 15) is 14.7 Å². The second-order valence-corrected chi connectivity index (χ2v) is 8.13. The van der Waals surface area contributed by atoms with Crippen molar-refractivity contribution in [2.75, 3.05) is 19.6 Å². The minimum absolute atomic E-state index is 0.00123. The SMILES string of the molecule is O=C(NCC(=O)N1CCC[C@@H](c2ncc(Cc3ccccc3Cl)o2)C1)c1cncc(O)c1. The standard InChI is InChI=1S/C23H23ClN4O4/c24-20-6-2-1-4-15(20)9-19-12-27-23(32-19)16-5-3-7-28(14-16)21(30)13-26-22(31)17-8-18(29)11-25-10-17/h1-2,4,6,8,10-12,16,29H,3,5,7,9,13-14H2,(H,26,31)/t16-/m1/s1. The van der Waals surface area contributed by atoms with Crippen LogP contribution in [0.4, 0.5) is 0 Å². The molecule has 1 aliphatic rings. The smallest absolute Gasteiger partial charge is 0.253 e. The van der Waals surface area contributed by atoms with E-state index in [2.05, 4.69) is 15.3 Å². The summed E-state index contributed by atoms with van der Waals surface area (Å²) in [4.78, 5) is 34.7. The summed E-state index contributed by atoms with van der Waals surface area (Å²) < 4.78 is 5.97. The van der Waals surface area contributed by atoms with Crippen LogP contribution in [0.25, 0.3) is 0 Å². The number of hydrogen-bond acceptors (Lipinski definition) is 6. The summed E-state index contributed by atoms with van der Waals surface area (Å²) in [5.41, 5.74) is 1.16. The number of amides is 2. The molecule has 8 nitrogen and oxygen atoms in total. The number of aromatic hydroxyl groups is 1. The Bertz CT molecular complexity index is 1120. The van der Waals surface area contributed by atoms with Gasteiger partial charge in [-0.15, -0.1) is 0 Å². The van der Waals surface area contributed by atoms with Crippen molar-refractivity contribution in [2.45, 2.75) is 25.2 Å². The van der Waals surface area contributed by atoms with Gasteiger partial charge in [-0.2, -0.15) is 0 Å². The van der Waals surface area contributed by atoms with Gasteiger partial charge in [-0.05, 0) is 30.5 Å². The van der Waals surface area contributed by atoms with Crippen LogP contribution in [-0.4, -0.2) is 51.4 Å². The number of nitrogens with one attached hydrogen (secondary N) is 1. The van der Waals surface area contributed by atoms with Gasteiger partial charge in [0.1, 0.15) is 11.5 Å². The molecule has 32 heavy (non-hydrogen) atoms. The van der Waals surface area contributed by atoms with Crippen molar-refractivity contribution < 1.29 is 19.1 Å². The van der Waals surface area contributed by atoms with Crippen molar-refractivity contribution in [2.24, 2.45) is 0 Å². The zero-order valence-electron chi connectivity index (χ0n) is 17.3. The van der Waals surface area contributed by atoms with Crippen LogP contribution in [0.5, 0.6) is 5.75 Å². The molecule has 0 spiro atoms. The molecule has 1 aromatic carbocycles. The van der Waals surface area contributed by atoms with E-state index in [-0.39, 0.29) is 29.7 Å². The summed E-state index contributed by atoms with van der Waals surface area (Å²) in [5.74, 6) is 0.579. The zero-order valence-corrected chi connectivity index (χ0v) is 18.1. The normalized spacial score (nSPS) is 16.0. The first-order valence-electron chi connectivity index (χ1n) is 10.4. The van der Waals surface area contributed by atoms with Crippen LogP contribution in [0.1, 0.15) is 46.3 Å². The topological polar surface area (TPSA) is 109 Å². The van der Waals surface area contributed by atoms with Gasteiger partial charge in [-0.25, -0.2) is 4.98 Å². The number of hydrogen-bond donors (Lipinski definition) is 2. The minimum Gasteiger partial charge on any atom is -0.506 e. The number of carbonyl (C=O) groups is 2. The summed E-state index contributed by atoms with van der Waals surface area (Å²) in [6.07, 6.45) is 6.53. The van der Waals surface area contributed by atoms with E-state index in [4.69, 9.17) is 16.0 Å². The molecule has 1 saturated heterocycles. The molecule has 0 aliphatic carbocycles. The number of rotatable bonds is 6. The van der Waals surface area contributed by atoms with E-state index in [0.717, 1.165) is 24.2 Å². The van der Waals surface area contributed by atoms with Gasteiger partial charge in [0.2, 0.25) is 5.91 Å². The van der Waals surface area contributed by atoms with E-state index < -0.39 is 5.91 Å². The molecule has 1 aliphatic heterocycles. The monoisotopic (exact) mass is 454 g/mol. The number of nitrogens with zero attached hydrogens (tertiary/aromatic N) is 3. The highest BCUT2D eigenvalue weighted by molar-refractivity contribution is 6.31. The summed E-state index contributed by atoms with van der Waals surface area (Å²) in [7, 11) is 0. The third-order valence-corrected chi connectivity index (χ3v) is 5.77. The van der Waals surface area contributed by atoms with Crippen LogP contribution in [0.15, 0.2) is 53.3 Å². The third kappa shape index (κ3) is 5.26. The van der Waals surface area contributed by atoms with Crippen LogP contribution in [0.3, 0.4) is 0 Å². The number of oxazole rings is 1. The second kappa shape index (κ2) is 9.82. The maximum absolute atomic E-state index is 12.6. The molecular formula is C23H23ClN4O4. The summed E-state index contributed by atoms with van der Waals surface area (Å²) in [5, 5.41) is 12.7. The third-order valence-electron chi connectivity index (χ3n) is 5.40. The molecule has 1 fully saturated rings. The van der Waals surface area contributed by atoms with E-state index in [1.165, 1.54) is 18.5 Å². The molecule has 2 N–H and O–H groups in total. The van der Waals surface area contributed by atoms with Crippen molar-refractivity contribution >= 4 is 23.4 Å². The lowest BCUT2D eigenvalue weighted by atomic mass is 9.98. The van der Waals surface area contributed by atoms with Crippen molar-refractivity contribution in [1.82, 2.24) is 20.2 Å². The van der Waals surface area contributed by atoms with Crippen molar-refractivity contribution in [1.29, 1.82) is 0 Å². The Morgan fingerprint density at radius 2 is 2.09 bits per heavy atom. The first kappa shape index (κ1) is 21.8. The van der Waals surface area contributed by atoms with E-state index in [0.29, 0.717) is 30.4 Å². The average Bonchev–Trinajstić information content (AvgIpc) is 3.27. The number of piperidine rings is 1. The molecule has 4 rings (SSSR count). The molecule has 1 atom stereocenters. The van der Waals surface area contributed by atoms with Crippen LogP contribution >= 0.6 is 11.6 Å². The Hall–Kier alpha value is -3.39. The quantitative estimate of drug-likeness (QED) is 0.592. The molecule has 9 heteroatoms. The van der Waals surface area contributed by atoms with Crippen LogP contribution < -0.4 is 5.32 Å². The number of likely N-dealkylation sites (tertiary alicyclic amines) is 1. The van der Waals surface area contributed by atoms with Crippen molar-refractivity contribution in [3.05, 3.63) is 76.7 Å². The predicted octanol–water partition coefficient (Wildman–Crippen LogP) is 3.16. The van der Waals surface area contributed by atoms with Gasteiger partial charge >= 0.3 is 0 Å². The predicted molar refractivity (Wildman–Crippen MR) is 118 cm³/mol. The maximum atomic E-state index is 12.6. The minimum atomic E-state index is -0.466. The molecule has 0 unspecified atom stereocenters. The Kier molecular flexibility index (Phi) is 6.70. The van der Waals surface area contributed by atoms with Crippen LogP contribution in [0, 0.1) is 0 Å². The lowest BCUT2D eigenvalue weighted by molar-refractivity contribution is -0.131. The van der Waals surface area contributed by atoms with Crippen LogP contribution in [0.2, 0.25) is 5.02 Å². The van der Waals surface area contributed by atoms with Gasteiger partial charge in [0, 0.05) is 30.7 Å². The number of aromatic nitrogens is 2. The summed E-state index contributed by atoms with van der Waals surface area (Å²) >= 11 is 6.23. The molecule has 166 valence electrons. The fraction of sp³-hybridized carbons (Fsp3) is 0.304. The van der Waals surface area contributed by atoms with Crippen LogP contribution in [-0.2, 0) is 11.2 Å². The molecule has 0 saturated carbocycles. The summed E-state index contributed by atoms with van der Waals surface area (Å²) in [6.45, 7) is 0.963. The molecular weight excluding hydrogens is 432 g/mol. The fourth-order valence-electron chi connectivity index (χ4n) is 3.75. The van der Waals surface area contributed by atoms with Gasteiger partial charge < -0.3 is 19.7 Å². The van der Waals surface area contributed by atoms with Crippen molar-refractivity contribution in [3.8, 4) is 5.75 Å². The average molecular weight is 455 g/mol. The Morgan fingerprint density at radius 3 is 2.91 bits per heavy atom. The Labute approximate surface area is 190 Å². The van der Waals surface area contributed by atoms with E-state index in [1.54, 1.807) is 11.1 Å². The largest absolute Gasteiger partial charge is 0.506 e. The highest BCUT2D eigenvalue weighted by Crippen LogP contribution is 2.28. The molecule has 3 aromatic rings. The molecule has 3 heterocycles. The van der Waals surface area contributed by atoms with Gasteiger partial charge in [0.25, 0.3) is 5.91 Å². The number of pyridine rings is 1.